The van der Waals surface area contributed by atoms with E-state index in [2.05, 4.69) is 5.32 Å². The first-order chi connectivity index (χ1) is 8.17. The van der Waals surface area contributed by atoms with Crippen molar-refractivity contribution in [1.82, 2.24) is 5.32 Å². The molecule has 1 aromatic rings. The minimum Gasteiger partial charge on any atom is -0.396 e. The van der Waals surface area contributed by atoms with Gasteiger partial charge in [0.15, 0.2) is 0 Å². The first-order valence-corrected chi connectivity index (χ1v) is 6.29. The molecule has 1 aliphatic heterocycles. The van der Waals surface area contributed by atoms with Crippen molar-refractivity contribution in [1.29, 1.82) is 0 Å². The van der Waals surface area contributed by atoms with Crippen LogP contribution in [0.3, 0.4) is 0 Å². The molecule has 0 saturated carbocycles. The van der Waals surface area contributed by atoms with Gasteiger partial charge in [0.2, 0.25) is 0 Å². The summed E-state index contributed by atoms with van der Waals surface area (Å²) in [5.74, 6) is -0.354. The Bertz CT molecular complexity index is 391. The Morgan fingerprint density at radius 1 is 1.47 bits per heavy atom. The van der Waals surface area contributed by atoms with Crippen LogP contribution in [0.1, 0.15) is 18.4 Å². The summed E-state index contributed by atoms with van der Waals surface area (Å²) in [7, 11) is 0. The molecule has 0 bridgehead atoms. The van der Waals surface area contributed by atoms with E-state index in [4.69, 9.17) is 11.6 Å². The normalized spacial score (nSPS) is 24.9. The molecule has 94 valence electrons. The van der Waals surface area contributed by atoms with Crippen LogP contribution in [0.25, 0.3) is 0 Å². The lowest BCUT2D eigenvalue weighted by Gasteiger charge is -2.36. The van der Waals surface area contributed by atoms with E-state index in [-0.39, 0.29) is 22.9 Å². The highest BCUT2D eigenvalue weighted by Gasteiger charge is 2.32. The van der Waals surface area contributed by atoms with Crippen molar-refractivity contribution in [2.24, 2.45) is 5.41 Å². The van der Waals surface area contributed by atoms with Crippen molar-refractivity contribution in [2.75, 3.05) is 19.7 Å². The SMILES string of the molecule is OCC1(Cc2cccc(Cl)c2F)CCCNC1. The first kappa shape index (κ1) is 12.8. The maximum Gasteiger partial charge on any atom is 0.144 e. The summed E-state index contributed by atoms with van der Waals surface area (Å²) in [6.45, 7) is 1.78. The first-order valence-electron chi connectivity index (χ1n) is 5.91. The summed E-state index contributed by atoms with van der Waals surface area (Å²) < 4.78 is 13.8. The molecule has 17 heavy (non-hydrogen) atoms. The lowest BCUT2D eigenvalue weighted by atomic mass is 9.76. The molecule has 0 radical (unpaired) electrons. The molecular weight excluding hydrogens is 241 g/mol. The average molecular weight is 258 g/mol. The topological polar surface area (TPSA) is 32.3 Å². The molecule has 1 fully saturated rings. The number of nitrogens with one attached hydrogen (secondary N) is 1. The van der Waals surface area contributed by atoms with Crippen molar-refractivity contribution < 1.29 is 9.50 Å². The third kappa shape index (κ3) is 2.79. The van der Waals surface area contributed by atoms with Crippen LogP contribution in [0, 0.1) is 11.2 Å². The second kappa shape index (κ2) is 5.34. The van der Waals surface area contributed by atoms with Gasteiger partial charge in [-0.15, -0.1) is 0 Å². The summed E-state index contributed by atoms with van der Waals surface area (Å²) in [5, 5.41) is 13.0. The number of aliphatic hydroxyl groups excluding tert-OH is 1. The number of benzene rings is 1. The third-order valence-electron chi connectivity index (χ3n) is 3.49. The summed E-state index contributed by atoms with van der Waals surface area (Å²) in [4.78, 5) is 0. The smallest absolute Gasteiger partial charge is 0.144 e. The monoisotopic (exact) mass is 257 g/mol. The summed E-state index contributed by atoms with van der Waals surface area (Å²) in [5.41, 5.74) is 0.347. The van der Waals surface area contributed by atoms with Gasteiger partial charge in [-0.2, -0.15) is 0 Å². The van der Waals surface area contributed by atoms with E-state index in [0.29, 0.717) is 12.0 Å². The predicted octanol–water partition coefficient (Wildman–Crippen LogP) is 2.38. The van der Waals surface area contributed by atoms with Gasteiger partial charge >= 0.3 is 0 Å². The average Bonchev–Trinajstić information content (AvgIpc) is 2.36. The van der Waals surface area contributed by atoms with Crippen LogP contribution in [0.4, 0.5) is 4.39 Å². The van der Waals surface area contributed by atoms with Crippen LogP contribution < -0.4 is 5.32 Å². The fourth-order valence-electron chi connectivity index (χ4n) is 2.46. The van der Waals surface area contributed by atoms with Crippen LogP contribution >= 0.6 is 11.6 Å². The largest absolute Gasteiger partial charge is 0.396 e. The lowest BCUT2D eigenvalue weighted by molar-refractivity contribution is 0.0939. The van der Waals surface area contributed by atoms with Crippen molar-refractivity contribution >= 4 is 11.6 Å². The van der Waals surface area contributed by atoms with Gasteiger partial charge in [-0.05, 0) is 37.4 Å². The fourth-order valence-corrected chi connectivity index (χ4v) is 2.66. The highest BCUT2D eigenvalue weighted by molar-refractivity contribution is 6.30. The second-order valence-corrected chi connectivity index (χ2v) is 5.24. The molecule has 2 rings (SSSR count). The zero-order valence-corrected chi connectivity index (χ0v) is 10.4. The van der Waals surface area contributed by atoms with Gasteiger partial charge in [-0.1, -0.05) is 23.7 Å². The molecule has 1 heterocycles. The predicted molar refractivity (Wildman–Crippen MR) is 66.7 cm³/mol. The molecule has 2 N–H and O–H groups in total. The van der Waals surface area contributed by atoms with E-state index >= 15 is 0 Å². The molecule has 1 unspecified atom stereocenters. The molecule has 0 aromatic heterocycles. The molecule has 1 aromatic carbocycles. The van der Waals surface area contributed by atoms with Gasteiger partial charge in [0.25, 0.3) is 0 Å². The quantitative estimate of drug-likeness (QED) is 0.872. The Morgan fingerprint density at radius 2 is 2.29 bits per heavy atom. The molecule has 0 spiro atoms. The van der Waals surface area contributed by atoms with Gasteiger partial charge in [0.1, 0.15) is 5.82 Å². The highest BCUT2D eigenvalue weighted by atomic mass is 35.5. The lowest BCUT2D eigenvalue weighted by Crippen LogP contribution is -2.44. The van der Waals surface area contributed by atoms with Crippen LogP contribution in [-0.2, 0) is 6.42 Å². The van der Waals surface area contributed by atoms with Gasteiger partial charge in [-0.3, -0.25) is 0 Å². The zero-order valence-electron chi connectivity index (χ0n) is 9.68. The Balaban J connectivity index is 2.20. The minimum absolute atomic E-state index is 0.0754. The Kier molecular flexibility index (Phi) is 4.02. The minimum atomic E-state index is -0.354. The Morgan fingerprint density at radius 3 is 2.94 bits per heavy atom. The molecule has 0 aliphatic carbocycles. The summed E-state index contributed by atoms with van der Waals surface area (Å²) in [6, 6.07) is 5.04. The number of halogens is 2. The molecule has 1 atom stereocenters. The van der Waals surface area contributed by atoms with Crippen molar-refractivity contribution in [3.63, 3.8) is 0 Å². The van der Waals surface area contributed by atoms with Crippen molar-refractivity contribution in [3.05, 3.63) is 34.6 Å². The number of hydrogen-bond acceptors (Lipinski definition) is 2. The van der Waals surface area contributed by atoms with E-state index in [1.54, 1.807) is 18.2 Å². The maximum atomic E-state index is 13.8. The molecule has 1 saturated heterocycles. The van der Waals surface area contributed by atoms with E-state index in [9.17, 15) is 9.50 Å². The Hall–Kier alpha value is -0.640. The second-order valence-electron chi connectivity index (χ2n) is 4.83. The standard InChI is InChI=1S/C13H17ClFNO/c14-11-4-1-3-10(12(11)15)7-13(9-17)5-2-6-16-8-13/h1,3-4,16-17H,2,5-9H2. The van der Waals surface area contributed by atoms with Gasteiger partial charge < -0.3 is 10.4 Å². The van der Waals surface area contributed by atoms with Crippen LogP contribution in [0.5, 0.6) is 0 Å². The Labute approximate surface area is 106 Å². The van der Waals surface area contributed by atoms with Crippen LogP contribution in [0.2, 0.25) is 5.02 Å². The third-order valence-corrected chi connectivity index (χ3v) is 3.79. The van der Waals surface area contributed by atoms with E-state index in [0.717, 1.165) is 25.9 Å². The number of piperidine rings is 1. The fraction of sp³-hybridized carbons (Fsp3) is 0.538. The van der Waals surface area contributed by atoms with Gasteiger partial charge in [0, 0.05) is 12.0 Å². The molecule has 0 amide bonds. The van der Waals surface area contributed by atoms with Crippen molar-refractivity contribution in [2.45, 2.75) is 19.3 Å². The number of aliphatic hydroxyl groups is 1. The molecule has 2 nitrogen and oxygen atoms in total. The van der Waals surface area contributed by atoms with Crippen LogP contribution in [-0.4, -0.2) is 24.8 Å². The van der Waals surface area contributed by atoms with Gasteiger partial charge in [-0.25, -0.2) is 4.39 Å². The highest BCUT2D eigenvalue weighted by Crippen LogP contribution is 2.32. The van der Waals surface area contributed by atoms with E-state index < -0.39 is 0 Å². The molecular formula is C13H17ClFNO. The number of rotatable bonds is 3. The van der Waals surface area contributed by atoms with Gasteiger partial charge in [0.05, 0.1) is 11.6 Å². The number of hydrogen-bond donors (Lipinski definition) is 2. The maximum absolute atomic E-state index is 13.8. The molecule has 1 aliphatic rings. The summed E-state index contributed by atoms with van der Waals surface area (Å²) >= 11 is 5.77. The van der Waals surface area contributed by atoms with E-state index in [1.807, 2.05) is 0 Å². The zero-order chi connectivity index (χ0) is 12.3. The van der Waals surface area contributed by atoms with Crippen LogP contribution in [0.15, 0.2) is 18.2 Å². The van der Waals surface area contributed by atoms with E-state index in [1.165, 1.54) is 0 Å². The summed E-state index contributed by atoms with van der Waals surface area (Å²) in [6.07, 6.45) is 2.47. The van der Waals surface area contributed by atoms with Crippen molar-refractivity contribution in [3.8, 4) is 0 Å². The molecule has 4 heteroatoms.